The van der Waals surface area contributed by atoms with Gasteiger partial charge in [-0.25, -0.2) is 4.98 Å². The van der Waals surface area contributed by atoms with Gasteiger partial charge < -0.3 is 4.98 Å². The molecule has 0 fully saturated rings. The van der Waals surface area contributed by atoms with Gasteiger partial charge >= 0.3 is 0 Å². The highest BCUT2D eigenvalue weighted by Gasteiger charge is 2.20. The molecule has 0 amide bonds. The summed E-state index contributed by atoms with van der Waals surface area (Å²) in [6, 6.07) is 21.2. The van der Waals surface area contributed by atoms with Gasteiger partial charge in [-0.2, -0.15) is 0 Å². The zero-order valence-corrected chi connectivity index (χ0v) is 19.6. The van der Waals surface area contributed by atoms with E-state index in [1.54, 1.807) is 6.07 Å². The predicted molar refractivity (Wildman–Crippen MR) is 133 cm³/mol. The number of halogens is 1. The van der Waals surface area contributed by atoms with Gasteiger partial charge in [0.05, 0.1) is 27.4 Å². The number of H-pyrrole nitrogens is 1. The van der Waals surface area contributed by atoms with E-state index in [1.807, 2.05) is 47.0 Å². The minimum Gasteiger partial charge on any atom is -0.309 e. The minimum atomic E-state index is -0.149. The maximum atomic E-state index is 12.5. The molecule has 0 saturated heterocycles. The van der Waals surface area contributed by atoms with E-state index in [4.69, 9.17) is 11.6 Å². The fraction of sp³-hybridized carbons (Fsp3) is 0.120. The maximum Gasteiger partial charge on any atom is 0.258 e. The largest absolute Gasteiger partial charge is 0.309 e. The molecule has 5 aromatic rings. The van der Waals surface area contributed by atoms with E-state index in [0.29, 0.717) is 38.5 Å². The summed E-state index contributed by atoms with van der Waals surface area (Å²) < 4.78 is 2.02. The minimum absolute atomic E-state index is 0.149. The first-order chi connectivity index (χ1) is 16.0. The van der Waals surface area contributed by atoms with Crippen molar-refractivity contribution in [3.8, 4) is 17.1 Å². The van der Waals surface area contributed by atoms with Crippen LogP contribution in [0.2, 0.25) is 5.02 Å². The van der Waals surface area contributed by atoms with E-state index in [1.165, 1.54) is 11.8 Å². The molecule has 2 aromatic heterocycles. The highest BCUT2D eigenvalue weighted by Crippen LogP contribution is 2.34. The second kappa shape index (κ2) is 8.84. The summed E-state index contributed by atoms with van der Waals surface area (Å²) in [5, 5.41) is 10.8. The summed E-state index contributed by atoms with van der Waals surface area (Å²) >= 11 is 7.97. The quantitative estimate of drug-likeness (QED) is 0.330. The fourth-order valence-electron chi connectivity index (χ4n) is 3.69. The van der Waals surface area contributed by atoms with Gasteiger partial charge in [0.25, 0.3) is 5.56 Å². The monoisotopic (exact) mass is 473 g/mol. The summed E-state index contributed by atoms with van der Waals surface area (Å²) in [4.78, 5) is 19.9. The molecule has 0 radical (unpaired) electrons. The van der Waals surface area contributed by atoms with E-state index in [0.717, 1.165) is 22.4 Å². The van der Waals surface area contributed by atoms with Crippen LogP contribution in [0.15, 0.2) is 76.7 Å². The molecule has 0 aliphatic heterocycles. The van der Waals surface area contributed by atoms with E-state index in [9.17, 15) is 4.79 Å². The van der Waals surface area contributed by atoms with Crippen LogP contribution in [0.5, 0.6) is 0 Å². The van der Waals surface area contributed by atoms with Crippen molar-refractivity contribution in [2.75, 3.05) is 0 Å². The van der Waals surface area contributed by atoms with Gasteiger partial charge in [-0.1, -0.05) is 59.8 Å². The van der Waals surface area contributed by atoms with E-state index in [2.05, 4.69) is 52.2 Å². The van der Waals surface area contributed by atoms with Crippen molar-refractivity contribution in [1.29, 1.82) is 0 Å². The molecule has 2 heterocycles. The van der Waals surface area contributed by atoms with Crippen molar-refractivity contribution in [3.05, 3.63) is 99.1 Å². The summed E-state index contributed by atoms with van der Waals surface area (Å²) in [6.45, 7) is 4.11. The Balaban J connectivity index is 1.59. The number of thioether (sulfide) groups is 1. The number of aromatic nitrogens is 5. The van der Waals surface area contributed by atoms with Crippen molar-refractivity contribution in [3.63, 3.8) is 0 Å². The molecule has 0 saturated carbocycles. The molecule has 3 aromatic carbocycles. The fourth-order valence-corrected chi connectivity index (χ4v) is 4.73. The highest BCUT2D eigenvalue weighted by molar-refractivity contribution is 7.98. The van der Waals surface area contributed by atoms with Gasteiger partial charge in [0, 0.05) is 5.56 Å². The van der Waals surface area contributed by atoms with Crippen LogP contribution in [-0.4, -0.2) is 24.7 Å². The molecule has 164 valence electrons. The molecule has 0 aliphatic carbocycles. The lowest BCUT2D eigenvalue weighted by atomic mass is 10.1. The van der Waals surface area contributed by atoms with Crippen molar-refractivity contribution < 1.29 is 0 Å². The molecule has 0 bridgehead atoms. The van der Waals surface area contributed by atoms with E-state index in [-0.39, 0.29) is 5.56 Å². The number of hydrogen-bond acceptors (Lipinski definition) is 5. The Morgan fingerprint density at radius 2 is 1.79 bits per heavy atom. The lowest BCUT2D eigenvalue weighted by Gasteiger charge is -2.14. The first-order valence-electron chi connectivity index (χ1n) is 10.4. The average Bonchev–Trinajstić information content (AvgIpc) is 3.23. The number of rotatable bonds is 5. The molecule has 0 aliphatic rings. The van der Waals surface area contributed by atoms with Gasteiger partial charge in [0.15, 0.2) is 11.0 Å². The third kappa shape index (κ3) is 4.17. The second-order valence-corrected chi connectivity index (χ2v) is 9.08. The molecule has 8 heteroatoms. The Bertz CT molecular complexity index is 1540. The van der Waals surface area contributed by atoms with Crippen LogP contribution >= 0.6 is 23.4 Å². The molecule has 1 N–H and O–H groups in total. The van der Waals surface area contributed by atoms with Gasteiger partial charge in [-0.05, 0) is 55.3 Å². The van der Waals surface area contributed by atoms with Crippen molar-refractivity contribution in [1.82, 2.24) is 24.7 Å². The lowest BCUT2D eigenvalue weighted by Crippen LogP contribution is -2.11. The predicted octanol–water partition coefficient (Wildman–Crippen LogP) is 5.73. The smallest absolute Gasteiger partial charge is 0.258 e. The number of hydrogen-bond donors (Lipinski definition) is 1. The molecule has 5 rings (SSSR count). The summed E-state index contributed by atoms with van der Waals surface area (Å²) in [5.74, 6) is 1.68. The van der Waals surface area contributed by atoms with Crippen LogP contribution in [0, 0.1) is 13.8 Å². The zero-order chi connectivity index (χ0) is 22.9. The SMILES string of the molecule is Cc1ccc(C)c(-n2c(SCc3nc4ccccc4c(=O)[nH]3)nnc2-c2ccccc2Cl)c1. The number of benzene rings is 3. The first kappa shape index (κ1) is 21.4. The van der Waals surface area contributed by atoms with Crippen LogP contribution in [0.1, 0.15) is 17.0 Å². The number of para-hydroxylation sites is 1. The summed E-state index contributed by atoms with van der Waals surface area (Å²) in [5.41, 5.74) is 4.53. The lowest BCUT2D eigenvalue weighted by molar-refractivity contribution is 0.876. The normalized spacial score (nSPS) is 11.2. The van der Waals surface area contributed by atoms with Crippen molar-refractivity contribution >= 4 is 34.3 Å². The number of nitrogens with one attached hydrogen (secondary N) is 1. The molecule has 6 nitrogen and oxygen atoms in total. The Kier molecular flexibility index (Phi) is 5.74. The summed E-state index contributed by atoms with van der Waals surface area (Å²) in [6.07, 6.45) is 0. The number of fused-ring (bicyclic) bond motifs is 1. The Morgan fingerprint density at radius 3 is 2.64 bits per heavy atom. The molecule has 0 spiro atoms. The Hall–Kier alpha value is -3.42. The number of aromatic amines is 1. The van der Waals surface area contributed by atoms with Gasteiger partial charge in [-0.3, -0.25) is 9.36 Å². The first-order valence-corrected chi connectivity index (χ1v) is 11.8. The average molecular weight is 474 g/mol. The van der Waals surface area contributed by atoms with Gasteiger partial charge in [-0.15, -0.1) is 10.2 Å². The third-order valence-corrected chi connectivity index (χ3v) is 6.62. The summed E-state index contributed by atoms with van der Waals surface area (Å²) in [7, 11) is 0. The molecular formula is C25H20ClN5OS. The topological polar surface area (TPSA) is 76.5 Å². The molecular weight excluding hydrogens is 454 g/mol. The molecule has 33 heavy (non-hydrogen) atoms. The number of nitrogens with zero attached hydrogens (tertiary/aromatic N) is 4. The zero-order valence-electron chi connectivity index (χ0n) is 18.0. The van der Waals surface area contributed by atoms with Crippen molar-refractivity contribution in [2.24, 2.45) is 0 Å². The van der Waals surface area contributed by atoms with E-state index >= 15 is 0 Å². The van der Waals surface area contributed by atoms with Crippen LogP contribution in [0.4, 0.5) is 0 Å². The van der Waals surface area contributed by atoms with Crippen LogP contribution in [0.25, 0.3) is 28.0 Å². The third-order valence-electron chi connectivity index (χ3n) is 5.35. The van der Waals surface area contributed by atoms with Gasteiger partial charge in [0.2, 0.25) is 0 Å². The standard InChI is InChI=1S/C25H20ClN5OS/c1-15-11-12-16(2)21(13-15)31-23(17-7-3-5-9-19(17)26)29-30-25(31)33-14-22-27-20-10-6-4-8-18(20)24(32)28-22/h3-13H,14H2,1-2H3,(H,27,28,32). The number of aryl methyl sites for hydroxylation is 2. The van der Waals surface area contributed by atoms with Crippen LogP contribution in [-0.2, 0) is 5.75 Å². The molecule has 0 unspecified atom stereocenters. The van der Waals surface area contributed by atoms with Crippen LogP contribution in [0.3, 0.4) is 0 Å². The Labute approximate surface area is 199 Å². The second-order valence-electron chi connectivity index (χ2n) is 7.73. The van der Waals surface area contributed by atoms with E-state index < -0.39 is 0 Å². The van der Waals surface area contributed by atoms with Crippen LogP contribution < -0.4 is 5.56 Å². The highest BCUT2D eigenvalue weighted by atomic mass is 35.5. The van der Waals surface area contributed by atoms with Gasteiger partial charge in [0.1, 0.15) is 5.82 Å². The Morgan fingerprint density at radius 1 is 1.00 bits per heavy atom. The molecule has 0 atom stereocenters. The maximum absolute atomic E-state index is 12.5. The van der Waals surface area contributed by atoms with Crippen molar-refractivity contribution in [2.45, 2.75) is 24.8 Å².